The normalized spacial score (nSPS) is 11.3. The SMILES string of the molecule is CN=C(NCCCOCC(C)C)NCCNC(=O)C(C)C.I. The van der Waals surface area contributed by atoms with Gasteiger partial charge >= 0.3 is 0 Å². The van der Waals surface area contributed by atoms with E-state index in [1.165, 1.54) is 0 Å². The summed E-state index contributed by atoms with van der Waals surface area (Å²) in [5.74, 6) is 1.42. The molecule has 6 nitrogen and oxygen atoms in total. The number of rotatable bonds is 10. The second-order valence-corrected chi connectivity index (χ2v) is 5.69. The average molecular weight is 428 g/mol. The van der Waals surface area contributed by atoms with Crippen molar-refractivity contribution in [3.63, 3.8) is 0 Å². The predicted octanol–water partition coefficient (Wildman–Crippen LogP) is 1.60. The maximum Gasteiger partial charge on any atom is 0.222 e. The van der Waals surface area contributed by atoms with Gasteiger partial charge < -0.3 is 20.7 Å². The molecular weight excluding hydrogens is 395 g/mol. The summed E-state index contributed by atoms with van der Waals surface area (Å²) in [6, 6.07) is 0. The van der Waals surface area contributed by atoms with Gasteiger partial charge in [0.2, 0.25) is 5.91 Å². The van der Waals surface area contributed by atoms with Crippen LogP contribution in [-0.4, -0.2) is 51.8 Å². The van der Waals surface area contributed by atoms with E-state index in [0.717, 1.165) is 32.1 Å². The summed E-state index contributed by atoms with van der Waals surface area (Å²) in [6.45, 7) is 11.7. The molecule has 0 aliphatic rings. The Kier molecular flexibility index (Phi) is 16.5. The van der Waals surface area contributed by atoms with Gasteiger partial charge in [0.1, 0.15) is 0 Å². The molecule has 0 aromatic carbocycles. The highest BCUT2D eigenvalue weighted by Crippen LogP contribution is 1.92. The van der Waals surface area contributed by atoms with Crippen LogP contribution in [0.3, 0.4) is 0 Å². The number of guanidine groups is 1. The van der Waals surface area contributed by atoms with Gasteiger partial charge in [0.25, 0.3) is 0 Å². The molecule has 132 valence electrons. The molecule has 0 spiro atoms. The monoisotopic (exact) mass is 428 g/mol. The fraction of sp³-hybridized carbons (Fsp3) is 0.867. The summed E-state index contributed by atoms with van der Waals surface area (Å²) in [5.41, 5.74) is 0. The Morgan fingerprint density at radius 3 is 2.18 bits per heavy atom. The Morgan fingerprint density at radius 1 is 1.05 bits per heavy atom. The smallest absolute Gasteiger partial charge is 0.222 e. The number of ether oxygens (including phenoxy) is 1. The lowest BCUT2D eigenvalue weighted by molar-refractivity contribution is -0.123. The Morgan fingerprint density at radius 2 is 1.64 bits per heavy atom. The predicted molar refractivity (Wildman–Crippen MR) is 103 cm³/mol. The number of nitrogens with zero attached hydrogens (tertiary/aromatic N) is 1. The number of hydrogen-bond acceptors (Lipinski definition) is 3. The van der Waals surface area contributed by atoms with Gasteiger partial charge in [-0.3, -0.25) is 9.79 Å². The molecule has 0 unspecified atom stereocenters. The van der Waals surface area contributed by atoms with E-state index in [2.05, 4.69) is 34.8 Å². The summed E-state index contributed by atoms with van der Waals surface area (Å²) < 4.78 is 5.51. The van der Waals surface area contributed by atoms with Crippen molar-refractivity contribution in [2.24, 2.45) is 16.8 Å². The minimum atomic E-state index is 0. The van der Waals surface area contributed by atoms with Gasteiger partial charge in [0.15, 0.2) is 5.96 Å². The summed E-state index contributed by atoms with van der Waals surface area (Å²) in [4.78, 5) is 15.5. The zero-order valence-electron chi connectivity index (χ0n) is 14.6. The maximum absolute atomic E-state index is 11.4. The molecular formula is C15H33IN4O2. The molecule has 0 fully saturated rings. The lowest BCUT2D eigenvalue weighted by atomic mass is 10.2. The maximum atomic E-state index is 11.4. The third-order valence-corrected chi connectivity index (χ3v) is 2.67. The standard InChI is InChI=1S/C15H32N4O2.HI/c1-12(2)11-21-10-6-7-18-15(16-5)19-9-8-17-14(20)13(3)4;/h12-13H,6-11H2,1-5H3,(H,17,20)(H2,16,18,19);1H. The third kappa shape index (κ3) is 14.4. The van der Waals surface area contributed by atoms with Gasteiger partial charge in [0, 0.05) is 45.8 Å². The highest BCUT2D eigenvalue weighted by molar-refractivity contribution is 14.0. The van der Waals surface area contributed by atoms with E-state index in [-0.39, 0.29) is 35.8 Å². The number of carbonyl (C=O) groups is 1. The molecule has 22 heavy (non-hydrogen) atoms. The molecule has 0 saturated heterocycles. The first-order valence-electron chi connectivity index (χ1n) is 7.77. The number of nitrogens with one attached hydrogen (secondary N) is 3. The molecule has 0 atom stereocenters. The molecule has 0 saturated carbocycles. The van der Waals surface area contributed by atoms with Gasteiger partial charge in [-0.25, -0.2) is 0 Å². The first-order chi connectivity index (χ1) is 9.97. The minimum absolute atomic E-state index is 0. The fourth-order valence-corrected chi connectivity index (χ4v) is 1.49. The zero-order valence-corrected chi connectivity index (χ0v) is 16.9. The van der Waals surface area contributed by atoms with Crippen LogP contribution in [0.4, 0.5) is 0 Å². The van der Waals surface area contributed by atoms with Gasteiger partial charge in [-0.1, -0.05) is 27.7 Å². The number of hydrogen-bond donors (Lipinski definition) is 3. The average Bonchev–Trinajstić information content (AvgIpc) is 2.43. The van der Waals surface area contributed by atoms with E-state index in [1.807, 2.05) is 13.8 Å². The van der Waals surface area contributed by atoms with Gasteiger partial charge in [-0.15, -0.1) is 24.0 Å². The first kappa shape index (κ1) is 23.7. The number of halogens is 1. The van der Waals surface area contributed by atoms with Crippen LogP contribution in [0.1, 0.15) is 34.1 Å². The van der Waals surface area contributed by atoms with Crippen molar-refractivity contribution in [1.29, 1.82) is 0 Å². The Hall–Kier alpha value is -0.570. The molecule has 0 bridgehead atoms. The summed E-state index contributed by atoms with van der Waals surface area (Å²) in [6.07, 6.45) is 0.942. The highest BCUT2D eigenvalue weighted by Gasteiger charge is 2.05. The molecule has 0 heterocycles. The van der Waals surface area contributed by atoms with E-state index in [1.54, 1.807) is 7.05 Å². The Balaban J connectivity index is 0. The van der Waals surface area contributed by atoms with Crippen molar-refractivity contribution < 1.29 is 9.53 Å². The topological polar surface area (TPSA) is 74.8 Å². The molecule has 7 heteroatoms. The summed E-state index contributed by atoms with van der Waals surface area (Å²) >= 11 is 0. The molecule has 3 N–H and O–H groups in total. The van der Waals surface area contributed by atoms with Gasteiger partial charge in [0.05, 0.1) is 0 Å². The number of carbonyl (C=O) groups excluding carboxylic acids is 1. The van der Waals surface area contributed by atoms with Crippen molar-refractivity contribution in [2.75, 3.05) is 39.9 Å². The van der Waals surface area contributed by atoms with Crippen LogP contribution < -0.4 is 16.0 Å². The van der Waals surface area contributed by atoms with Crippen LogP contribution >= 0.6 is 24.0 Å². The molecule has 0 aromatic heterocycles. The van der Waals surface area contributed by atoms with Crippen LogP contribution in [0.25, 0.3) is 0 Å². The van der Waals surface area contributed by atoms with Crippen molar-refractivity contribution in [1.82, 2.24) is 16.0 Å². The van der Waals surface area contributed by atoms with Crippen molar-refractivity contribution in [3.05, 3.63) is 0 Å². The van der Waals surface area contributed by atoms with Crippen molar-refractivity contribution in [2.45, 2.75) is 34.1 Å². The zero-order chi connectivity index (χ0) is 16.1. The molecule has 0 aliphatic carbocycles. The van der Waals surface area contributed by atoms with Crippen LogP contribution in [0, 0.1) is 11.8 Å². The van der Waals surface area contributed by atoms with E-state index >= 15 is 0 Å². The quantitative estimate of drug-likeness (QED) is 0.214. The highest BCUT2D eigenvalue weighted by atomic mass is 127. The van der Waals surface area contributed by atoms with E-state index in [0.29, 0.717) is 19.0 Å². The second kappa shape index (κ2) is 15.3. The summed E-state index contributed by atoms with van der Waals surface area (Å²) in [5, 5.41) is 9.22. The lowest BCUT2D eigenvalue weighted by Gasteiger charge is -2.13. The Bertz CT molecular complexity index is 310. The van der Waals surface area contributed by atoms with Crippen LogP contribution in [0.5, 0.6) is 0 Å². The molecule has 0 aliphatic heterocycles. The van der Waals surface area contributed by atoms with E-state index in [9.17, 15) is 4.79 Å². The van der Waals surface area contributed by atoms with Crippen LogP contribution in [0.15, 0.2) is 4.99 Å². The second-order valence-electron chi connectivity index (χ2n) is 5.69. The molecule has 0 radical (unpaired) electrons. The van der Waals surface area contributed by atoms with Crippen molar-refractivity contribution >= 4 is 35.8 Å². The molecule has 0 aromatic rings. The minimum Gasteiger partial charge on any atom is -0.381 e. The largest absolute Gasteiger partial charge is 0.381 e. The van der Waals surface area contributed by atoms with Gasteiger partial charge in [-0.2, -0.15) is 0 Å². The molecule has 0 rings (SSSR count). The molecule has 1 amide bonds. The number of aliphatic imine (C=N–C) groups is 1. The number of amides is 1. The fourth-order valence-electron chi connectivity index (χ4n) is 1.49. The van der Waals surface area contributed by atoms with Crippen molar-refractivity contribution in [3.8, 4) is 0 Å². The first-order valence-corrected chi connectivity index (χ1v) is 7.77. The van der Waals surface area contributed by atoms with Crippen LogP contribution in [-0.2, 0) is 9.53 Å². The van der Waals surface area contributed by atoms with Gasteiger partial charge in [-0.05, 0) is 12.3 Å². The summed E-state index contributed by atoms with van der Waals surface area (Å²) in [7, 11) is 1.73. The van der Waals surface area contributed by atoms with E-state index in [4.69, 9.17) is 4.74 Å². The Labute approximate surface area is 152 Å². The van der Waals surface area contributed by atoms with E-state index < -0.39 is 0 Å². The van der Waals surface area contributed by atoms with Crippen LogP contribution in [0.2, 0.25) is 0 Å². The third-order valence-electron chi connectivity index (χ3n) is 2.67. The lowest BCUT2D eigenvalue weighted by Crippen LogP contribution is -2.42.